The first-order valence-corrected chi connectivity index (χ1v) is 8.62. The molecule has 0 amide bonds. The van der Waals surface area contributed by atoms with E-state index in [-0.39, 0.29) is 0 Å². The Bertz CT molecular complexity index is 262. The monoisotopic (exact) mass is 266 g/mol. The van der Waals surface area contributed by atoms with E-state index in [1.807, 2.05) is 0 Å². The van der Waals surface area contributed by atoms with E-state index in [0.29, 0.717) is 0 Å². The van der Waals surface area contributed by atoms with Crippen LogP contribution in [0.3, 0.4) is 0 Å². The number of hydrogen-bond acceptors (Lipinski definition) is 2. The van der Waals surface area contributed by atoms with Gasteiger partial charge in [0.25, 0.3) is 0 Å². The maximum atomic E-state index is 3.75. The fraction of sp³-hybridized carbons (Fsp3) is 1.00. The Morgan fingerprint density at radius 1 is 1.16 bits per heavy atom. The van der Waals surface area contributed by atoms with Gasteiger partial charge in [-0.3, -0.25) is 4.90 Å². The molecular formula is C17H34N2. The molecule has 4 atom stereocenters. The fourth-order valence-electron chi connectivity index (χ4n) is 4.07. The summed E-state index contributed by atoms with van der Waals surface area (Å²) in [6, 6.07) is 2.27. The normalized spacial score (nSPS) is 33.6. The molecule has 0 spiro atoms. The molecule has 0 radical (unpaired) electrons. The van der Waals surface area contributed by atoms with Crippen LogP contribution in [-0.4, -0.2) is 36.6 Å². The van der Waals surface area contributed by atoms with Crippen LogP contribution in [0.1, 0.15) is 65.7 Å². The van der Waals surface area contributed by atoms with Crippen molar-refractivity contribution in [2.75, 3.05) is 13.6 Å². The summed E-state index contributed by atoms with van der Waals surface area (Å²) in [6.07, 6.45) is 9.94. The maximum Gasteiger partial charge on any atom is 0.0251 e. The van der Waals surface area contributed by atoms with Crippen molar-refractivity contribution in [1.29, 1.82) is 0 Å². The van der Waals surface area contributed by atoms with Crippen LogP contribution >= 0.6 is 0 Å². The van der Waals surface area contributed by atoms with Crippen molar-refractivity contribution in [3.05, 3.63) is 0 Å². The Labute approximate surface area is 120 Å². The van der Waals surface area contributed by atoms with Gasteiger partial charge in [-0.2, -0.15) is 0 Å². The van der Waals surface area contributed by atoms with Crippen LogP contribution in [0, 0.1) is 11.8 Å². The molecule has 2 heteroatoms. The van der Waals surface area contributed by atoms with Gasteiger partial charge in [-0.1, -0.05) is 26.7 Å². The van der Waals surface area contributed by atoms with E-state index in [2.05, 4.69) is 38.0 Å². The third-order valence-corrected chi connectivity index (χ3v) is 5.56. The van der Waals surface area contributed by atoms with E-state index in [1.54, 1.807) is 0 Å². The summed E-state index contributed by atoms with van der Waals surface area (Å²) in [7, 11) is 2.38. The van der Waals surface area contributed by atoms with Gasteiger partial charge < -0.3 is 5.32 Å². The van der Waals surface area contributed by atoms with Crippen molar-refractivity contribution in [2.24, 2.45) is 11.8 Å². The van der Waals surface area contributed by atoms with Gasteiger partial charge in [0.2, 0.25) is 0 Å². The van der Waals surface area contributed by atoms with Crippen molar-refractivity contribution < 1.29 is 0 Å². The molecule has 2 fully saturated rings. The Morgan fingerprint density at radius 2 is 1.89 bits per heavy atom. The Hall–Kier alpha value is -0.0800. The van der Waals surface area contributed by atoms with Crippen molar-refractivity contribution in [2.45, 2.75) is 83.8 Å². The quantitative estimate of drug-likeness (QED) is 0.756. The smallest absolute Gasteiger partial charge is 0.0251 e. The molecule has 0 aliphatic heterocycles. The zero-order valence-electron chi connectivity index (χ0n) is 13.5. The topological polar surface area (TPSA) is 15.3 Å². The molecule has 2 aliphatic rings. The first-order chi connectivity index (χ1) is 9.17. The number of nitrogens with zero attached hydrogens (tertiary/aromatic N) is 1. The van der Waals surface area contributed by atoms with Crippen LogP contribution in [0.4, 0.5) is 0 Å². The lowest BCUT2D eigenvalue weighted by molar-refractivity contribution is 0.0796. The van der Waals surface area contributed by atoms with Crippen LogP contribution in [-0.2, 0) is 0 Å². The predicted molar refractivity (Wildman–Crippen MR) is 83.5 cm³/mol. The molecule has 2 rings (SSSR count). The molecule has 0 aromatic carbocycles. The molecule has 4 unspecified atom stereocenters. The van der Waals surface area contributed by atoms with Gasteiger partial charge in [0.1, 0.15) is 0 Å². The van der Waals surface area contributed by atoms with E-state index in [0.717, 1.165) is 36.5 Å². The second kappa shape index (κ2) is 7.08. The van der Waals surface area contributed by atoms with Gasteiger partial charge in [0.05, 0.1) is 0 Å². The number of rotatable bonds is 7. The minimum absolute atomic E-state index is 0.726. The van der Waals surface area contributed by atoms with E-state index in [4.69, 9.17) is 0 Å². The van der Waals surface area contributed by atoms with Gasteiger partial charge in [-0.25, -0.2) is 0 Å². The van der Waals surface area contributed by atoms with E-state index >= 15 is 0 Å². The van der Waals surface area contributed by atoms with Crippen LogP contribution < -0.4 is 5.32 Å². The van der Waals surface area contributed by atoms with Crippen LogP contribution in [0.5, 0.6) is 0 Å². The molecule has 0 aromatic rings. The molecule has 2 aliphatic carbocycles. The van der Waals surface area contributed by atoms with Gasteiger partial charge >= 0.3 is 0 Å². The van der Waals surface area contributed by atoms with Crippen molar-refractivity contribution in [3.63, 3.8) is 0 Å². The summed E-state index contributed by atoms with van der Waals surface area (Å²) in [5, 5.41) is 3.75. The highest BCUT2D eigenvalue weighted by molar-refractivity contribution is 4.94. The maximum absolute atomic E-state index is 3.75. The summed E-state index contributed by atoms with van der Waals surface area (Å²) in [5.41, 5.74) is 0. The molecule has 1 N–H and O–H groups in total. The molecule has 2 saturated carbocycles. The molecule has 112 valence electrons. The Kier molecular flexibility index (Phi) is 5.70. The van der Waals surface area contributed by atoms with Crippen molar-refractivity contribution in [3.8, 4) is 0 Å². The number of nitrogens with one attached hydrogen (secondary N) is 1. The van der Waals surface area contributed by atoms with Crippen LogP contribution in [0.25, 0.3) is 0 Å². The lowest BCUT2D eigenvalue weighted by Crippen LogP contribution is -2.54. The first-order valence-electron chi connectivity index (χ1n) is 8.62. The molecule has 19 heavy (non-hydrogen) atoms. The summed E-state index contributed by atoms with van der Waals surface area (Å²) < 4.78 is 0. The summed E-state index contributed by atoms with van der Waals surface area (Å²) in [4.78, 5) is 2.72. The molecule has 0 aromatic heterocycles. The largest absolute Gasteiger partial charge is 0.313 e. The third-order valence-electron chi connectivity index (χ3n) is 5.56. The lowest BCUT2D eigenvalue weighted by Gasteiger charge is -2.44. The average Bonchev–Trinajstić information content (AvgIpc) is 3.24. The Balaban J connectivity index is 1.96. The molecule has 0 heterocycles. The second-order valence-corrected chi connectivity index (χ2v) is 6.94. The highest BCUT2D eigenvalue weighted by Gasteiger charge is 2.38. The van der Waals surface area contributed by atoms with Gasteiger partial charge in [0.15, 0.2) is 0 Å². The summed E-state index contributed by atoms with van der Waals surface area (Å²) in [6.45, 7) is 8.15. The minimum Gasteiger partial charge on any atom is -0.313 e. The van der Waals surface area contributed by atoms with E-state index in [9.17, 15) is 0 Å². The second-order valence-electron chi connectivity index (χ2n) is 6.94. The van der Waals surface area contributed by atoms with Crippen LogP contribution in [0.2, 0.25) is 0 Å². The standard InChI is InChI=1S/C17H34N2/c1-5-7-14-8-11-16(18-6-2)17(12-14)19(4)13(3)15-9-10-15/h13-18H,5-12H2,1-4H3. The third kappa shape index (κ3) is 3.95. The van der Waals surface area contributed by atoms with Gasteiger partial charge in [-0.05, 0) is 64.5 Å². The highest BCUT2D eigenvalue weighted by Crippen LogP contribution is 2.38. The first kappa shape index (κ1) is 15.3. The van der Waals surface area contributed by atoms with Gasteiger partial charge in [-0.15, -0.1) is 0 Å². The minimum atomic E-state index is 0.726. The van der Waals surface area contributed by atoms with Crippen LogP contribution in [0.15, 0.2) is 0 Å². The fourth-order valence-corrected chi connectivity index (χ4v) is 4.07. The van der Waals surface area contributed by atoms with Crippen molar-refractivity contribution >= 4 is 0 Å². The lowest BCUT2D eigenvalue weighted by atomic mass is 9.79. The summed E-state index contributed by atoms with van der Waals surface area (Å²) >= 11 is 0. The summed E-state index contributed by atoms with van der Waals surface area (Å²) in [5.74, 6) is 1.96. The SMILES string of the molecule is CCCC1CCC(NCC)C(N(C)C(C)C2CC2)C1. The number of hydrogen-bond donors (Lipinski definition) is 1. The zero-order chi connectivity index (χ0) is 13.8. The zero-order valence-corrected chi connectivity index (χ0v) is 13.5. The highest BCUT2D eigenvalue weighted by atomic mass is 15.2. The molecule has 0 saturated heterocycles. The Morgan fingerprint density at radius 3 is 2.47 bits per heavy atom. The molecular weight excluding hydrogens is 232 g/mol. The average molecular weight is 266 g/mol. The van der Waals surface area contributed by atoms with Gasteiger partial charge in [0, 0.05) is 18.1 Å². The van der Waals surface area contributed by atoms with E-state index < -0.39 is 0 Å². The predicted octanol–water partition coefficient (Wildman–Crippen LogP) is 3.66. The molecule has 2 nitrogen and oxygen atoms in total. The van der Waals surface area contributed by atoms with E-state index in [1.165, 1.54) is 44.9 Å². The van der Waals surface area contributed by atoms with Crippen molar-refractivity contribution in [1.82, 2.24) is 10.2 Å². The molecule has 0 bridgehead atoms. The number of likely N-dealkylation sites (N-methyl/N-ethyl adjacent to an activating group) is 2.